The van der Waals surface area contributed by atoms with Crippen molar-refractivity contribution in [3.8, 4) is 0 Å². The predicted molar refractivity (Wildman–Crippen MR) is 73.9 cm³/mol. The molecule has 1 aromatic rings. The minimum absolute atomic E-state index is 0.0388. The van der Waals surface area contributed by atoms with Gasteiger partial charge in [0.2, 0.25) is 5.91 Å². The zero-order valence-electron chi connectivity index (χ0n) is 12.4. The van der Waals surface area contributed by atoms with E-state index in [9.17, 15) is 9.90 Å². The Morgan fingerprint density at radius 2 is 2.30 bits per heavy atom. The van der Waals surface area contributed by atoms with Crippen molar-refractivity contribution in [3.63, 3.8) is 0 Å². The van der Waals surface area contributed by atoms with Gasteiger partial charge in [-0.2, -0.15) is 5.10 Å². The molecule has 2 rings (SSSR count). The maximum Gasteiger partial charge on any atom is 0.224 e. The third-order valence-electron chi connectivity index (χ3n) is 3.62. The second kappa shape index (κ2) is 5.88. The number of nitrogens with one attached hydrogen (secondary N) is 1. The van der Waals surface area contributed by atoms with Crippen molar-refractivity contribution in [2.75, 3.05) is 27.2 Å². The minimum Gasteiger partial charge on any atom is -0.388 e. The Morgan fingerprint density at radius 1 is 1.55 bits per heavy atom. The third-order valence-corrected chi connectivity index (χ3v) is 3.62. The fourth-order valence-corrected chi connectivity index (χ4v) is 2.58. The first-order chi connectivity index (χ1) is 9.38. The van der Waals surface area contributed by atoms with E-state index in [0.29, 0.717) is 19.5 Å². The summed E-state index contributed by atoms with van der Waals surface area (Å²) in [6.45, 7) is 3.84. The van der Waals surface area contributed by atoms with Gasteiger partial charge in [-0.25, -0.2) is 4.98 Å². The summed E-state index contributed by atoms with van der Waals surface area (Å²) in [5.41, 5.74) is -0.940. The average Bonchev–Trinajstić information content (AvgIpc) is 2.74. The molecule has 1 aliphatic heterocycles. The van der Waals surface area contributed by atoms with E-state index in [1.807, 2.05) is 6.92 Å². The highest BCUT2D eigenvalue weighted by Crippen LogP contribution is 2.25. The van der Waals surface area contributed by atoms with E-state index in [1.165, 1.54) is 4.90 Å². The lowest BCUT2D eigenvalue weighted by atomic mass is 9.89. The molecule has 0 bridgehead atoms. The van der Waals surface area contributed by atoms with Gasteiger partial charge in [0.15, 0.2) is 5.82 Å². The molecular weight excluding hydrogens is 258 g/mol. The quantitative estimate of drug-likeness (QED) is 0.806. The average molecular weight is 281 g/mol. The zero-order chi connectivity index (χ0) is 14.8. The van der Waals surface area contributed by atoms with E-state index in [-0.39, 0.29) is 12.3 Å². The second-order valence-electron chi connectivity index (χ2n) is 5.84. The molecule has 0 spiro atoms. The van der Waals surface area contributed by atoms with Gasteiger partial charge >= 0.3 is 0 Å². The Hall–Kier alpha value is -1.47. The monoisotopic (exact) mass is 281 g/mol. The van der Waals surface area contributed by atoms with Gasteiger partial charge in [0.25, 0.3) is 0 Å². The van der Waals surface area contributed by atoms with Crippen LogP contribution in [0, 0.1) is 6.92 Å². The summed E-state index contributed by atoms with van der Waals surface area (Å²) in [5, 5.41) is 17.5. The molecule has 1 aliphatic rings. The van der Waals surface area contributed by atoms with Crippen LogP contribution in [-0.4, -0.2) is 68.8 Å². The second-order valence-corrected chi connectivity index (χ2v) is 5.84. The van der Waals surface area contributed by atoms with Crippen LogP contribution >= 0.6 is 0 Å². The van der Waals surface area contributed by atoms with Gasteiger partial charge in [0, 0.05) is 20.6 Å². The lowest BCUT2D eigenvalue weighted by Crippen LogP contribution is -2.50. The molecule has 0 radical (unpaired) electrons. The smallest absolute Gasteiger partial charge is 0.224 e. The molecule has 20 heavy (non-hydrogen) atoms. The minimum atomic E-state index is -0.940. The van der Waals surface area contributed by atoms with Crippen LogP contribution in [0.3, 0.4) is 0 Å². The zero-order valence-corrected chi connectivity index (χ0v) is 12.4. The molecule has 0 aromatic carbocycles. The van der Waals surface area contributed by atoms with Crippen LogP contribution in [0.5, 0.6) is 0 Å². The maximum atomic E-state index is 11.8. The fourth-order valence-electron chi connectivity index (χ4n) is 2.58. The van der Waals surface area contributed by atoms with E-state index < -0.39 is 5.60 Å². The molecule has 1 unspecified atom stereocenters. The van der Waals surface area contributed by atoms with E-state index in [4.69, 9.17) is 0 Å². The Labute approximate surface area is 119 Å². The predicted octanol–water partition coefficient (Wildman–Crippen LogP) is -0.0817. The number of amides is 1. The first-order valence-electron chi connectivity index (χ1n) is 6.91. The maximum absolute atomic E-state index is 11.8. The highest BCUT2D eigenvalue weighted by Gasteiger charge is 2.36. The number of piperidine rings is 1. The number of H-pyrrole nitrogens is 1. The molecule has 112 valence electrons. The molecule has 1 amide bonds. The van der Waals surface area contributed by atoms with Crippen molar-refractivity contribution in [3.05, 3.63) is 11.6 Å². The number of hydrogen-bond acceptors (Lipinski definition) is 5. The first-order valence-corrected chi connectivity index (χ1v) is 6.91. The van der Waals surface area contributed by atoms with Crippen LogP contribution in [0.2, 0.25) is 0 Å². The Bertz CT molecular complexity index is 473. The SMILES string of the molecule is Cc1nc(CN2CCCC(O)(CC(=O)N(C)C)C2)n[nH]1. The molecule has 1 atom stereocenters. The van der Waals surface area contributed by atoms with Gasteiger partial charge < -0.3 is 10.0 Å². The molecule has 2 heterocycles. The number of hydrogen-bond donors (Lipinski definition) is 2. The van der Waals surface area contributed by atoms with Crippen molar-refractivity contribution in [1.29, 1.82) is 0 Å². The fraction of sp³-hybridized carbons (Fsp3) is 0.769. The third kappa shape index (κ3) is 3.77. The van der Waals surface area contributed by atoms with Crippen LogP contribution in [-0.2, 0) is 11.3 Å². The molecule has 7 heteroatoms. The molecule has 1 fully saturated rings. The van der Waals surface area contributed by atoms with Crippen LogP contribution in [0.4, 0.5) is 0 Å². The van der Waals surface area contributed by atoms with E-state index >= 15 is 0 Å². The Balaban J connectivity index is 1.95. The lowest BCUT2D eigenvalue weighted by molar-refractivity contribution is -0.136. The van der Waals surface area contributed by atoms with E-state index in [0.717, 1.165) is 24.6 Å². The molecule has 1 aromatic heterocycles. The van der Waals surface area contributed by atoms with Crippen LogP contribution in [0.1, 0.15) is 30.9 Å². The lowest BCUT2D eigenvalue weighted by Gasteiger charge is -2.38. The number of aromatic nitrogens is 3. The number of rotatable bonds is 4. The van der Waals surface area contributed by atoms with Crippen molar-refractivity contribution in [1.82, 2.24) is 25.0 Å². The van der Waals surface area contributed by atoms with Gasteiger partial charge in [0.05, 0.1) is 18.6 Å². The number of aliphatic hydroxyl groups is 1. The van der Waals surface area contributed by atoms with E-state index in [1.54, 1.807) is 14.1 Å². The highest BCUT2D eigenvalue weighted by molar-refractivity contribution is 5.76. The number of β-amino-alcohol motifs (C(OH)–C–C–N with tert-alkyl or cyclic N) is 1. The van der Waals surface area contributed by atoms with Crippen molar-refractivity contribution < 1.29 is 9.90 Å². The summed E-state index contributed by atoms with van der Waals surface area (Å²) in [5.74, 6) is 1.48. The number of likely N-dealkylation sites (tertiary alicyclic amines) is 1. The molecule has 7 nitrogen and oxygen atoms in total. The highest BCUT2D eigenvalue weighted by atomic mass is 16.3. The number of aromatic amines is 1. The van der Waals surface area contributed by atoms with E-state index in [2.05, 4.69) is 20.1 Å². The molecule has 1 saturated heterocycles. The van der Waals surface area contributed by atoms with Crippen LogP contribution in [0.25, 0.3) is 0 Å². The Kier molecular flexibility index (Phi) is 4.39. The topological polar surface area (TPSA) is 85.3 Å². The van der Waals surface area contributed by atoms with Gasteiger partial charge in [-0.15, -0.1) is 0 Å². The van der Waals surface area contributed by atoms with Gasteiger partial charge in [0.1, 0.15) is 5.82 Å². The normalized spacial score (nSPS) is 23.8. The first kappa shape index (κ1) is 14.9. The number of aryl methyl sites for hydroxylation is 1. The summed E-state index contributed by atoms with van der Waals surface area (Å²) in [6, 6.07) is 0. The molecule has 2 N–H and O–H groups in total. The summed E-state index contributed by atoms with van der Waals surface area (Å²) in [6.07, 6.45) is 1.71. The summed E-state index contributed by atoms with van der Waals surface area (Å²) in [7, 11) is 3.42. The standard InChI is InChI=1S/C13H23N5O2/c1-10-14-11(16-15-10)8-18-6-4-5-13(20,9-18)7-12(19)17(2)3/h20H,4-9H2,1-3H3,(H,14,15,16). The number of carbonyl (C=O) groups excluding carboxylic acids is 1. The van der Waals surface area contributed by atoms with Gasteiger partial charge in [-0.05, 0) is 26.3 Å². The van der Waals surface area contributed by atoms with Crippen molar-refractivity contribution in [2.24, 2.45) is 0 Å². The van der Waals surface area contributed by atoms with Crippen LogP contribution in [0.15, 0.2) is 0 Å². The largest absolute Gasteiger partial charge is 0.388 e. The number of carbonyl (C=O) groups is 1. The van der Waals surface area contributed by atoms with Gasteiger partial charge in [-0.1, -0.05) is 0 Å². The summed E-state index contributed by atoms with van der Waals surface area (Å²) < 4.78 is 0. The Morgan fingerprint density at radius 3 is 2.90 bits per heavy atom. The molecule has 0 aliphatic carbocycles. The number of nitrogens with zero attached hydrogens (tertiary/aromatic N) is 4. The molecule has 0 saturated carbocycles. The van der Waals surface area contributed by atoms with Crippen LogP contribution < -0.4 is 0 Å². The van der Waals surface area contributed by atoms with Crippen molar-refractivity contribution in [2.45, 2.75) is 38.3 Å². The summed E-state index contributed by atoms with van der Waals surface area (Å²) in [4.78, 5) is 19.7. The van der Waals surface area contributed by atoms with Gasteiger partial charge in [-0.3, -0.25) is 14.8 Å². The van der Waals surface area contributed by atoms with Crippen molar-refractivity contribution >= 4 is 5.91 Å². The molecular formula is C13H23N5O2. The summed E-state index contributed by atoms with van der Waals surface area (Å²) >= 11 is 0.